The molecule has 0 radical (unpaired) electrons. The second-order valence-corrected chi connectivity index (χ2v) is 6.94. The Balaban J connectivity index is 2.23. The minimum atomic E-state index is -3.11. The lowest BCUT2D eigenvalue weighted by Gasteiger charge is -2.31. The molecule has 0 aromatic rings. The van der Waals surface area contributed by atoms with Crippen LogP contribution in [0.4, 0.5) is 0 Å². The summed E-state index contributed by atoms with van der Waals surface area (Å²) in [6.45, 7) is 3.42. The topological polar surface area (TPSA) is 84.9 Å². The molecule has 0 saturated carbocycles. The smallest absolute Gasteiger partial charge is 0.246 e. The Morgan fingerprint density at radius 2 is 1.95 bits per heavy atom. The van der Waals surface area contributed by atoms with Crippen LogP contribution in [0.5, 0.6) is 0 Å². The van der Waals surface area contributed by atoms with Crippen molar-refractivity contribution in [2.75, 3.05) is 45.8 Å². The van der Waals surface area contributed by atoms with Gasteiger partial charge in [0.15, 0.2) is 0 Å². The summed E-state index contributed by atoms with van der Waals surface area (Å²) in [5.74, 6) is -0.0462. The van der Waals surface area contributed by atoms with Crippen molar-refractivity contribution in [3.8, 4) is 0 Å². The number of rotatable bonds is 8. The van der Waals surface area contributed by atoms with Crippen molar-refractivity contribution in [3.63, 3.8) is 0 Å². The van der Waals surface area contributed by atoms with E-state index in [1.165, 1.54) is 4.31 Å². The Morgan fingerprint density at radius 1 is 1.30 bits per heavy atom. The fourth-order valence-corrected chi connectivity index (χ4v) is 3.17. The molecule has 1 aliphatic heterocycles. The molecule has 1 N–H and O–H groups in total. The van der Waals surface area contributed by atoms with Crippen molar-refractivity contribution in [1.29, 1.82) is 0 Å². The highest BCUT2D eigenvalue weighted by Gasteiger charge is 2.27. The quantitative estimate of drug-likeness (QED) is 0.616. The van der Waals surface area contributed by atoms with E-state index in [1.54, 1.807) is 14.0 Å². The summed E-state index contributed by atoms with van der Waals surface area (Å²) in [4.78, 5) is 11.6. The highest BCUT2D eigenvalue weighted by atomic mass is 32.2. The van der Waals surface area contributed by atoms with Crippen molar-refractivity contribution in [2.45, 2.75) is 25.8 Å². The fourth-order valence-electron chi connectivity index (χ4n) is 2.04. The molecule has 8 heteroatoms. The number of nitrogens with one attached hydrogen (secondary N) is 1. The number of amides is 1. The molecule has 1 saturated heterocycles. The Hall–Kier alpha value is -0.700. The van der Waals surface area contributed by atoms with E-state index in [-0.39, 0.29) is 24.3 Å². The van der Waals surface area contributed by atoms with Gasteiger partial charge in [-0.3, -0.25) is 4.79 Å². The highest BCUT2D eigenvalue weighted by molar-refractivity contribution is 7.89. The first kappa shape index (κ1) is 17.4. The van der Waals surface area contributed by atoms with Gasteiger partial charge in [-0.05, 0) is 19.8 Å². The number of piperidine rings is 1. The van der Waals surface area contributed by atoms with Gasteiger partial charge in [-0.25, -0.2) is 12.7 Å². The van der Waals surface area contributed by atoms with Crippen molar-refractivity contribution < 1.29 is 22.7 Å². The highest BCUT2D eigenvalue weighted by Crippen LogP contribution is 2.14. The van der Waals surface area contributed by atoms with E-state index >= 15 is 0 Å². The molecular weight excluding hydrogens is 284 g/mol. The zero-order valence-electron chi connectivity index (χ0n) is 12.1. The number of sulfonamides is 1. The van der Waals surface area contributed by atoms with Gasteiger partial charge >= 0.3 is 0 Å². The molecule has 0 atom stereocenters. The van der Waals surface area contributed by atoms with E-state index < -0.39 is 10.0 Å². The Morgan fingerprint density at radius 3 is 2.50 bits per heavy atom. The van der Waals surface area contributed by atoms with E-state index in [9.17, 15) is 13.2 Å². The number of hydrogen-bond acceptors (Lipinski definition) is 5. The molecule has 1 aliphatic rings. The second kappa shape index (κ2) is 8.56. The first-order valence-corrected chi connectivity index (χ1v) is 8.44. The number of methoxy groups -OCH3 is 1. The lowest BCUT2D eigenvalue weighted by molar-refractivity contribution is -0.127. The lowest BCUT2D eigenvalue weighted by Crippen LogP contribution is -2.47. The van der Waals surface area contributed by atoms with Crippen molar-refractivity contribution in [1.82, 2.24) is 9.62 Å². The van der Waals surface area contributed by atoms with Crippen LogP contribution in [0.1, 0.15) is 19.8 Å². The van der Waals surface area contributed by atoms with Gasteiger partial charge in [0.1, 0.15) is 6.61 Å². The van der Waals surface area contributed by atoms with Gasteiger partial charge in [-0.1, -0.05) is 0 Å². The zero-order valence-corrected chi connectivity index (χ0v) is 12.9. The molecule has 0 aliphatic carbocycles. The third-order valence-electron chi connectivity index (χ3n) is 3.24. The van der Waals surface area contributed by atoms with Crippen LogP contribution < -0.4 is 5.32 Å². The molecule has 0 aromatic heterocycles. The minimum absolute atomic E-state index is 0.0107. The third kappa shape index (κ3) is 5.74. The molecular formula is C12H24N2O5S. The van der Waals surface area contributed by atoms with Crippen LogP contribution in [0.3, 0.4) is 0 Å². The molecule has 0 unspecified atom stereocenters. The summed E-state index contributed by atoms with van der Waals surface area (Å²) >= 11 is 0. The molecule has 7 nitrogen and oxygen atoms in total. The maximum Gasteiger partial charge on any atom is 0.246 e. The predicted octanol–water partition coefficient (Wildman–Crippen LogP) is -0.420. The molecule has 0 bridgehead atoms. The fraction of sp³-hybridized carbons (Fsp3) is 0.917. The Labute approximate surface area is 120 Å². The van der Waals surface area contributed by atoms with Crippen molar-refractivity contribution >= 4 is 15.9 Å². The van der Waals surface area contributed by atoms with Gasteiger partial charge in [-0.2, -0.15) is 0 Å². The largest absolute Gasteiger partial charge is 0.382 e. The average molecular weight is 308 g/mol. The predicted molar refractivity (Wildman–Crippen MR) is 74.9 cm³/mol. The lowest BCUT2D eigenvalue weighted by atomic mass is 10.1. The van der Waals surface area contributed by atoms with Crippen LogP contribution in [-0.4, -0.2) is 70.4 Å². The molecule has 0 spiro atoms. The SMILES string of the molecule is CCS(=O)(=O)N1CCC(NC(=O)COCCOC)CC1. The Bertz CT molecular complexity index is 391. The van der Waals surface area contributed by atoms with E-state index in [1.807, 2.05) is 0 Å². The van der Waals surface area contributed by atoms with Gasteiger partial charge in [0.2, 0.25) is 15.9 Å². The standard InChI is InChI=1S/C12H24N2O5S/c1-3-20(16,17)14-6-4-11(5-7-14)13-12(15)10-19-9-8-18-2/h11H,3-10H2,1-2H3,(H,13,15). The maximum atomic E-state index is 11.7. The number of carbonyl (C=O) groups is 1. The molecule has 1 fully saturated rings. The van der Waals surface area contributed by atoms with Crippen LogP contribution >= 0.6 is 0 Å². The van der Waals surface area contributed by atoms with Gasteiger partial charge in [0, 0.05) is 26.2 Å². The Kier molecular flexibility index (Phi) is 7.42. The van der Waals surface area contributed by atoms with Gasteiger partial charge < -0.3 is 14.8 Å². The maximum absolute atomic E-state index is 11.7. The first-order valence-electron chi connectivity index (χ1n) is 6.83. The summed E-state index contributed by atoms with van der Waals surface area (Å²) in [5.41, 5.74) is 0. The zero-order chi connectivity index (χ0) is 15.0. The summed E-state index contributed by atoms with van der Waals surface area (Å²) in [6.07, 6.45) is 1.28. The van der Waals surface area contributed by atoms with Crippen LogP contribution in [0.2, 0.25) is 0 Å². The summed E-state index contributed by atoms with van der Waals surface area (Å²) in [5, 5.41) is 2.86. The summed E-state index contributed by atoms with van der Waals surface area (Å²) < 4.78 is 34.8. The van der Waals surface area contributed by atoms with Gasteiger partial charge in [0.25, 0.3) is 0 Å². The minimum Gasteiger partial charge on any atom is -0.382 e. The number of hydrogen-bond donors (Lipinski definition) is 1. The second-order valence-electron chi connectivity index (χ2n) is 4.69. The van der Waals surface area contributed by atoms with Crippen molar-refractivity contribution in [2.24, 2.45) is 0 Å². The molecule has 1 amide bonds. The van der Waals surface area contributed by atoms with Crippen LogP contribution in [0.25, 0.3) is 0 Å². The average Bonchev–Trinajstić information content (AvgIpc) is 2.44. The number of nitrogens with zero attached hydrogens (tertiary/aromatic N) is 1. The molecule has 1 rings (SSSR count). The van der Waals surface area contributed by atoms with E-state index in [0.29, 0.717) is 39.1 Å². The number of carbonyl (C=O) groups excluding carboxylic acids is 1. The third-order valence-corrected chi connectivity index (χ3v) is 5.12. The van der Waals surface area contributed by atoms with Crippen molar-refractivity contribution in [3.05, 3.63) is 0 Å². The monoisotopic (exact) mass is 308 g/mol. The number of ether oxygens (including phenoxy) is 2. The van der Waals surface area contributed by atoms with E-state index in [2.05, 4.69) is 5.32 Å². The normalized spacial score (nSPS) is 18.1. The van der Waals surface area contributed by atoms with Crippen LogP contribution in [0, 0.1) is 0 Å². The van der Waals surface area contributed by atoms with Gasteiger partial charge in [0.05, 0.1) is 19.0 Å². The van der Waals surface area contributed by atoms with Crippen LogP contribution in [-0.2, 0) is 24.3 Å². The molecule has 118 valence electrons. The van der Waals surface area contributed by atoms with E-state index in [0.717, 1.165) is 0 Å². The molecule has 20 heavy (non-hydrogen) atoms. The first-order chi connectivity index (χ1) is 9.49. The van der Waals surface area contributed by atoms with Gasteiger partial charge in [-0.15, -0.1) is 0 Å². The summed E-state index contributed by atoms with van der Waals surface area (Å²) in [6, 6.07) is 0.0248. The van der Waals surface area contributed by atoms with Crippen LogP contribution in [0.15, 0.2) is 0 Å². The summed E-state index contributed by atoms with van der Waals surface area (Å²) in [7, 11) is -1.54. The molecule has 0 aromatic carbocycles. The molecule has 1 heterocycles. The van der Waals surface area contributed by atoms with E-state index in [4.69, 9.17) is 9.47 Å².